The van der Waals surface area contributed by atoms with Crippen LogP contribution >= 0.6 is 0 Å². The van der Waals surface area contributed by atoms with Gasteiger partial charge in [0.25, 0.3) is 5.91 Å². The predicted octanol–water partition coefficient (Wildman–Crippen LogP) is -0.225. The van der Waals surface area contributed by atoms with Gasteiger partial charge in [-0.2, -0.15) is 0 Å². The summed E-state index contributed by atoms with van der Waals surface area (Å²) in [7, 11) is 1.58. The number of carbonyl (C=O) groups is 1. The minimum atomic E-state index is -0.297. The standard InChI is InChI=1S/C7H7N3O2/c1-3-4-10(2)7(11)6-5-8-12-9-6/h1,5H,4H2,2H3. The second kappa shape index (κ2) is 3.53. The molecule has 0 saturated carbocycles. The van der Waals surface area contributed by atoms with Crippen LogP contribution in [0.4, 0.5) is 0 Å². The Hall–Kier alpha value is -1.83. The summed E-state index contributed by atoms with van der Waals surface area (Å²) in [5.74, 6) is 2.04. The highest BCUT2D eigenvalue weighted by Gasteiger charge is 2.13. The molecule has 0 radical (unpaired) electrons. The van der Waals surface area contributed by atoms with Crippen LogP contribution in [0.2, 0.25) is 0 Å². The first-order valence-electron chi connectivity index (χ1n) is 3.22. The van der Waals surface area contributed by atoms with E-state index in [9.17, 15) is 4.79 Å². The number of amides is 1. The fourth-order valence-corrected chi connectivity index (χ4v) is 0.663. The molecule has 0 bridgehead atoms. The Labute approximate surface area is 69.3 Å². The molecule has 0 fully saturated rings. The molecule has 0 unspecified atom stereocenters. The van der Waals surface area contributed by atoms with E-state index in [0.717, 1.165) is 0 Å². The fourth-order valence-electron chi connectivity index (χ4n) is 0.663. The third-order valence-electron chi connectivity index (χ3n) is 1.26. The van der Waals surface area contributed by atoms with Gasteiger partial charge >= 0.3 is 0 Å². The third kappa shape index (κ3) is 1.61. The summed E-state index contributed by atoms with van der Waals surface area (Å²) in [4.78, 5) is 12.6. The molecule has 0 aliphatic heterocycles. The Morgan fingerprint density at radius 1 is 1.92 bits per heavy atom. The van der Waals surface area contributed by atoms with Crippen molar-refractivity contribution < 1.29 is 9.42 Å². The molecule has 1 amide bonds. The van der Waals surface area contributed by atoms with Crippen LogP contribution in [0.25, 0.3) is 0 Å². The lowest BCUT2D eigenvalue weighted by Crippen LogP contribution is -2.27. The summed E-state index contributed by atoms with van der Waals surface area (Å²) >= 11 is 0. The lowest BCUT2D eigenvalue weighted by Gasteiger charge is -2.10. The van der Waals surface area contributed by atoms with Crippen LogP contribution in [-0.2, 0) is 0 Å². The monoisotopic (exact) mass is 165 g/mol. The van der Waals surface area contributed by atoms with Crippen molar-refractivity contribution in [3.63, 3.8) is 0 Å². The average molecular weight is 165 g/mol. The van der Waals surface area contributed by atoms with Crippen molar-refractivity contribution in [3.8, 4) is 12.3 Å². The van der Waals surface area contributed by atoms with E-state index >= 15 is 0 Å². The molecule has 0 aromatic carbocycles. The van der Waals surface area contributed by atoms with E-state index in [1.54, 1.807) is 7.05 Å². The molecule has 62 valence electrons. The van der Waals surface area contributed by atoms with Gasteiger partial charge in [-0.25, -0.2) is 4.63 Å². The molecular weight excluding hydrogens is 158 g/mol. The molecule has 12 heavy (non-hydrogen) atoms. The molecule has 5 heteroatoms. The molecule has 0 saturated heterocycles. The molecule has 0 atom stereocenters. The van der Waals surface area contributed by atoms with E-state index in [4.69, 9.17) is 6.42 Å². The average Bonchev–Trinajstić information content (AvgIpc) is 2.55. The summed E-state index contributed by atoms with van der Waals surface area (Å²) in [6, 6.07) is 0. The van der Waals surface area contributed by atoms with E-state index in [1.165, 1.54) is 11.1 Å². The first-order valence-corrected chi connectivity index (χ1v) is 3.22. The number of rotatable bonds is 2. The van der Waals surface area contributed by atoms with E-state index in [-0.39, 0.29) is 18.1 Å². The third-order valence-corrected chi connectivity index (χ3v) is 1.26. The van der Waals surface area contributed by atoms with Crippen LogP contribution in [0.15, 0.2) is 10.8 Å². The minimum absolute atomic E-state index is 0.160. The first-order chi connectivity index (χ1) is 5.75. The Balaban J connectivity index is 2.67. The van der Waals surface area contributed by atoms with Gasteiger partial charge in [-0.3, -0.25) is 4.79 Å². The molecule has 1 aromatic heterocycles. The lowest BCUT2D eigenvalue weighted by atomic mass is 10.4. The van der Waals surface area contributed by atoms with Gasteiger partial charge in [0.05, 0.1) is 6.54 Å². The van der Waals surface area contributed by atoms with Gasteiger partial charge in [0.1, 0.15) is 6.20 Å². The Morgan fingerprint density at radius 3 is 3.17 bits per heavy atom. The zero-order valence-electron chi connectivity index (χ0n) is 6.52. The van der Waals surface area contributed by atoms with Crippen molar-refractivity contribution in [3.05, 3.63) is 11.9 Å². The Bertz CT molecular complexity index is 299. The van der Waals surface area contributed by atoms with Crippen molar-refractivity contribution in [2.24, 2.45) is 0 Å². The molecular formula is C7H7N3O2. The van der Waals surface area contributed by atoms with E-state index in [1.807, 2.05) is 0 Å². The topological polar surface area (TPSA) is 59.2 Å². The van der Waals surface area contributed by atoms with Crippen molar-refractivity contribution in [2.75, 3.05) is 13.6 Å². The van der Waals surface area contributed by atoms with Gasteiger partial charge in [0.2, 0.25) is 0 Å². The molecule has 0 N–H and O–H groups in total. The second-order valence-electron chi connectivity index (χ2n) is 2.16. The lowest BCUT2D eigenvalue weighted by molar-refractivity contribution is 0.0801. The van der Waals surface area contributed by atoms with Crippen molar-refractivity contribution >= 4 is 5.91 Å². The van der Waals surface area contributed by atoms with Gasteiger partial charge in [-0.15, -0.1) is 6.42 Å². The largest absolute Gasteiger partial charge is 0.329 e. The van der Waals surface area contributed by atoms with Gasteiger partial charge in [0.15, 0.2) is 5.69 Å². The predicted molar refractivity (Wildman–Crippen MR) is 40.1 cm³/mol. The van der Waals surface area contributed by atoms with Gasteiger partial charge in [-0.1, -0.05) is 11.1 Å². The van der Waals surface area contributed by atoms with Crippen LogP contribution < -0.4 is 0 Å². The van der Waals surface area contributed by atoms with Gasteiger partial charge in [0, 0.05) is 7.05 Å². The fraction of sp³-hybridized carbons (Fsp3) is 0.286. The van der Waals surface area contributed by atoms with Gasteiger partial charge < -0.3 is 4.90 Å². The summed E-state index contributed by atoms with van der Waals surface area (Å²) in [6.07, 6.45) is 6.26. The molecule has 0 aliphatic rings. The quantitative estimate of drug-likeness (QED) is 0.568. The molecule has 0 aliphatic carbocycles. The van der Waals surface area contributed by atoms with Crippen molar-refractivity contribution in [1.29, 1.82) is 0 Å². The molecule has 1 heterocycles. The van der Waals surface area contributed by atoms with Crippen LogP contribution in [0, 0.1) is 12.3 Å². The molecule has 1 aromatic rings. The van der Waals surface area contributed by atoms with Crippen LogP contribution in [0.5, 0.6) is 0 Å². The highest BCUT2D eigenvalue weighted by molar-refractivity contribution is 5.91. The van der Waals surface area contributed by atoms with Crippen LogP contribution in [-0.4, -0.2) is 34.7 Å². The maximum Gasteiger partial charge on any atom is 0.278 e. The molecule has 1 rings (SSSR count). The number of aromatic nitrogens is 2. The summed E-state index contributed by atoms with van der Waals surface area (Å²) in [5.41, 5.74) is 0.160. The number of nitrogens with zero attached hydrogens (tertiary/aromatic N) is 3. The number of carbonyl (C=O) groups excluding carboxylic acids is 1. The highest BCUT2D eigenvalue weighted by atomic mass is 16.6. The molecule has 5 nitrogen and oxygen atoms in total. The number of terminal acetylenes is 1. The molecule has 0 spiro atoms. The van der Waals surface area contributed by atoms with Crippen LogP contribution in [0.1, 0.15) is 10.5 Å². The number of hydrogen-bond acceptors (Lipinski definition) is 4. The maximum absolute atomic E-state index is 11.3. The van der Waals surface area contributed by atoms with E-state index in [0.29, 0.717) is 0 Å². The van der Waals surface area contributed by atoms with E-state index in [2.05, 4.69) is 20.9 Å². The van der Waals surface area contributed by atoms with Crippen molar-refractivity contribution in [2.45, 2.75) is 0 Å². The highest BCUT2D eigenvalue weighted by Crippen LogP contribution is 1.96. The first kappa shape index (κ1) is 8.27. The number of hydrogen-bond donors (Lipinski definition) is 0. The second-order valence-corrected chi connectivity index (χ2v) is 2.16. The normalized spacial score (nSPS) is 9.00. The maximum atomic E-state index is 11.3. The van der Waals surface area contributed by atoms with E-state index < -0.39 is 0 Å². The van der Waals surface area contributed by atoms with Crippen molar-refractivity contribution in [1.82, 2.24) is 15.2 Å². The summed E-state index contributed by atoms with van der Waals surface area (Å²) in [5, 5.41) is 6.67. The smallest absolute Gasteiger partial charge is 0.278 e. The minimum Gasteiger partial charge on any atom is -0.329 e. The SMILES string of the molecule is C#CCN(C)C(=O)c1cnon1. The Morgan fingerprint density at radius 2 is 2.67 bits per heavy atom. The van der Waals surface area contributed by atoms with Gasteiger partial charge in [-0.05, 0) is 5.16 Å². The van der Waals surface area contributed by atoms with Crippen LogP contribution in [0.3, 0.4) is 0 Å². The Kier molecular flexibility index (Phi) is 2.43. The zero-order valence-corrected chi connectivity index (χ0v) is 6.52. The summed E-state index contributed by atoms with van der Waals surface area (Å²) < 4.78 is 4.26. The summed E-state index contributed by atoms with van der Waals surface area (Å²) in [6.45, 7) is 0.242. The zero-order chi connectivity index (χ0) is 8.97.